The fourth-order valence-electron chi connectivity index (χ4n) is 3.95. The van der Waals surface area contributed by atoms with E-state index in [9.17, 15) is 14.4 Å². The number of carbonyl (C=O) groups is 3. The van der Waals surface area contributed by atoms with Gasteiger partial charge in [-0.2, -0.15) is 0 Å². The lowest BCUT2D eigenvalue weighted by Crippen LogP contribution is -2.53. The Morgan fingerprint density at radius 1 is 1.16 bits per heavy atom. The van der Waals surface area contributed by atoms with Gasteiger partial charge in [-0.15, -0.1) is 11.8 Å². The van der Waals surface area contributed by atoms with E-state index >= 15 is 0 Å². The van der Waals surface area contributed by atoms with E-state index in [0.29, 0.717) is 22.8 Å². The molecule has 2 aliphatic rings. The Bertz CT molecular complexity index is 1030. The fourth-order valence-corrected chi connectivity index (χ4v) is 5.41. The van der Waals surface area contributed by atoms with E-state index in [0.717, 1.165) is 5.56 Å². The summed E-state index contributed by atoms with van der Waals surface area (Å²) in [7, 11) is 1.56. The average molecular weight is 440 g/mol. The van der Waals surface area contributed by atoms with Gasteiger partial charge >= 0.3 is 0 Å². The van der Waals surface area contributed by atoms with Gasteiger partial charge in [-0.3, -0.25) is 14.4 Å². The van der Waals surface area contributed by atoms with Crippen LogP contribution in [0.3, 0.4) is 0 Å². The molecule has 4 rings (SSSR count). The zero-order valence-electron chi connectivity index (χ0n) is 17.6. The Balaban J connectivity index is 1.47. The summed E-state index contributed by atoms with van der Waals surface area (Å²) in [6.45, 7) is 3.75. The molecule has 3 atom stereocenters. The van der Waals surface area contributed by atoms with Gasteiger partial charge in [0.05, 0.1) is 7.11 Å². The minimum atomic E-state index is -0.733. The summed E-state index contributed by atoms with van der Waals surface area (Å²) in [5.41, 5.74) is 2.18. The molecule has 1 fully saturated rings. The molecular weight excluding hydrogens is 414 g/mol. The lowest BCUT2D eigenvalue weighted by atomic mass is 10.0. The van der Waals surface area contributed by atoms with Crippen LogP contribution in [0.15, 0.2) is 48.5 Å². The van der Waals surface area contributed by atoms with E-state index in [1.807, 2.05) is 32.0 Å². The number of thioether (sulfide) groups is 1. The summed E-state index contributed by atoms with van der Waals surface area (Å²) in [5, 5.41) is 5.57. The van der Waals surface area contributed by atoms with Crippen LogP contribution < -0.4 is 15.4 Å². The monoisotopic (exact) mass is 439 g/mol. The van der Waals surface area contributed by atoms with Crippen molar-refractivity contribution in [2.24, 2.45) is 5.92 Å². The number of carbonyl (C=O) groups excluding carboxylic acids is 3. The average Bonchev–Trinajstić information content (AvgIpc) is 3.32. The molecule has 3 unspecified atom stereocenters. The molecule has 0 spiro atoms. The van der Waals surface area contributed by atoms with Gasteiger partial charge in [-0.05, 0) is 29.7 Å². The maximum atomic E-state index is 13.1. The maximum Gasteiger partial charge on any atom is 0.256 e. The Hall–Kier alpha value is -3.00. The SMILES string of the molecule is COc1cccc(NC(=O)C(NC(=O)C2CSC3c4ccccc4C(=O)N23)C(C)C)c1. The van der Waals surface area contributed by atoms with Crippen LogP contribution in [0.5, 0.6) is 5.75 Å². The zero-order chi connectivity index (χ0) is 22.1. The van der Waals surface area contributed by atoms with Crippen molar-refractivity contribution in [1.29, 1.82) is 0 Å². The molecule has 2 N–H and O–H groups in total. The minimum Gasteiger partial charge on any atom is -0.497 e. The van der Waals surface area contributed by atoms with E-state index in [4.69, 9.17) is 4.74 Å². The first-order valence-corrected chi connectivity index (χ1v) is 11.2. The topological polar surface area (TPSA) is 87.7 Å². The molecule has 0 aromatic heterocycles. The third kappa shape index (κ3) is 3.99. The summed E-state index contributed by atoms with van der Waals surface area (Å²) in [6, 6.07) is 13.2. The van der Waals surface area contributed by atoms with Crippen LogP contribution >= 0.6 is 11.8 Å². The van der Waals surface area contributed by atoms with Crippen molar-refractivity contribution in [3.8, 4) is 5.75 Å². The summed E-state index contributed by atoms with van der Waals surface area (Å²) < 4.78 is 5.19. The number of ether oxygens (including phenoxy) is 1. The van der Waals surface area contributed by atoms with Crippen molar-refractivity contribution < 1.29 is 19.1 Å². The highest BCUT2D eigenvalue weighted by Gasteiger charge is 2.48. The Morgan fingerprint density at radius 2 is 1.94 bits per heavy atom. The van der Waals surface area contributed by atoms with Crippen molar-refractivity contribution in [1.82, 2.24) is 10.2 Å². The van der Waals surface area contributed by atoms with Gasteiger partial charge in [-0.25, -0.2) is 0 Å². The molecule has 31 heavy (non-hydrogen) atoms. The quantitative estimate of drug-likeness (QED) is 0.722. The minimum absolute atomic E-state index is 0.132. The Morgan fingerprint density at radius 3 is 2.68 bits per heavy atom. The van der Waals surface area contributed by atoms with Crippen LogP contribution in [0.4, 0.5) is 5.69 Å². The third-order valence-electron chi connectivity index (χ3n) is 5.58. The summed E-state index contributed by atoms with van der Waals surface area (Å²) in [5.74, 6) is 0.243. The molecule has 7 nitrogen and oxygen atoms in total. The first-order valence-electron chi connectivity index (χ1n) is 10.2. The number of benzene rings is 2. The van der Waals surface area contributed by atoms with Crippen molar-refractivity contribution in [2.45, 2.75) is 31.3 Å². The maximum absolute atomic E-state index is 13.1. The number of fused-ring (bicyclic) bond motifs is 3. The van der Waals surface area contributed by atoms with E-state index in [-0.39, 0.29) is 29.0 Å². The molecule has 2 heterocycles. The first kappa shape index (κ1) is 21.2. The second-order valence-corrected chi connectivity index (χ2v) is 9.07. The molecule has 1 saturated heterocycles. The highest BCUT2D eigenvalue weighted by atomic mass is 32.2. The van der Waals surface area contributed by atoms with Crippen LogP contribution in [-0.2, 0) is 9.59 Å². The number of rotatable bonds is 6. The molecular formula is C23H25N3O4S. The smallest absolute Gasteiger partial charge is 0.256 e. The second kappa shape index (κ2) is 8.63. The number of methoxy groups -OCH3 is 1. The number of nitrogens with zero attached hydrogens (tertiary/aromatic N) is 1. The molecule has 162 valence electrons. The standard InChI is InChI=1S/C23H25N3O4S/c1-13(2)19(21(28)24-14-7-6-8-15(11-14)30-3)25-20(27)18-12-31-23-17-10-5-4-9-16(17)22(29)26(18)23/h4-11,13,18-19,23H,12H2,1-3H3,(H,24,28)(H,25,27). The van der Waals surface area contributed by atoms with Crippen molar-refractivity contribution in [3.05, 3.63) is 59.7 Å². The number of hydrogen-bond donors (Lipinski definition) is 2. The zero-order valence-corrected chi connectivity index (χ0v) is 18.4. The van der Waals surface area contributed by atoms with Gasteiger partial charge in [0.25, 0.3) is 5.91 Å². The molecule has 3 amide bonds. The van der Waals surface area contributed by atoms with E-state index in [2.05, 4.69) is 10.6 Å². The van der Waals surface area contributed by atoms with Crippen LogP contribution in [0.25, 0.3) is 0 Å². The van der Waals surface area contributed by atoms with E-state index in [1.165, 1.54) is 0 Å². The molecule has 0 aliphatic carbocycles. The number of hydrogen-bond acceptors (Lipinski definition) is 5. The molecule has 2 aromatic rings. The largest absolute Gasteiger partial charge is 0.497 e. The van der Waals surface area contributed by atoms with Crippen molar-refractivity contribution >= 4 is 35.2 Å². The van der Waals surface area contributed by atoms with Gasteiger partial charge in [0.15, 0.2) is 0 Å². The summed E-state index contributed by atoms with van der Waals surface area (Å²) >= 11 is 1.58. The highest BCUT2D eigenvalue weighted by Crippen LogP contribution is 2.48. The van der Waals surface area contributed by atoms with Gasteiger partial charge in [0.1, 0.15) is 23.2 Å². The molecule has 0 bridgehead atoms. The van der Waals surface area contributed by atoms with Gasteiger partial charge in [0, 0.05) is 23.1 Å². The van der Waals surface area contributed by atoms with Crippen LogP contribution in [0.2, 0.25) is 0 Å². The van der Waals surface area contributed by atoms with Gasteiger partial charge < -0.3 is 20.3 Å². The molecule has 2 aromatic carbocycles. The highest BCUT2D eigenvalue weighted by molar-refractivity contribution is 7.99. The van der Waals surface area contributed by atoms with E-state index in [1.54, 1.807) is 54.1 Å². The fraction of sp³-hybridized carbons (Fsp3) is 0.348. The summed E-state index contributed by atoms with van der Waals surface area (Å²) in [4.78, 5) is 40.6. The van der Waals surface area contributed by atoms with Gasteiger partial charge in [-0.1, -0.05) is 38.1 Å². The summed E-state index contributed by atoms with van der Waals surface area (Å²) in [6.07, 6.45) is 0. The lowest BCUT2D eigenvalue weighted by Gasteiger charge is -2.27. The number of amides is 3. The molecule has 2 aliphatic heterocycles. The predicted molar refractivity (Wildman–Crippen MR) is 120 cm³/mol. The van der Waals surface area contributed by atoms with Crippen LogP contribution in [0.1, 0.15) is 35.1 Å². The number of anilines is 1. The van der Waals surface area contributed by atoms with Crippen molar-refractivity contribution in [3.63, 3.8) is 0 Å². The van der Waals surface area contributed by atoms with Gasteiger partial charge in [0.2, 0.25) is 11.8 Å². The normalized spacial score (nSPS) is 20.3. The first-order chi connectivity index (χ1) is 14.9. The predicted octanol–water partition coefficient (Wildman–Crippen LogP) is 3.04. The third-order valence-corrected chi connectivity index (χ3v) is 6.88. The lowest BCUT2D eigenvalue weighted by molar-refractivity contribution is -0.129. The van der Waals surface area contributed by atoms with Crippen LogP contribution in [0, 0.1) is 5.92 Å². The number of nitrogens with one attached hydrogen (secondary N) is 2. The molecule has 0 radical (unpaired) electrons. The second-order valence-electron chi connectivity index (χ2n) is 7.95. The van der Waals surface area contributed by atoms with Crippen LogP contribution in [-0.4, -0.2) is 47.6 Å². The Labute approximate surface area is 185 Å². The van der Waals surface area contributed by atoms with E-state index < -0.39 is 12.1 Å². The Kier molecular flexibility index (Phi) is 5.91. The van der Waals surface area contributed by atoms with Crippen molar-refractivity contribution in [2.75, 3.05) is 18.2 Å². The molecule has 8 heteroatoms. The molecule has 0 saturated carbocycles.